The number of nitrogen functional groups attached to an aromatic ring is 1. The highest BCUT2D eigenvalue weighted by molar-refractivity contribution is 5.73. The van der Waals surface area contributed by atoms with Crippen LogP contribution in [0.15, 0.2) is 12.3 Å². The Labute approximate surface area is 81.9 Å². The zero-order chi connectivity index (χ0) is 10.4. The maximum Gasteiger partial charge on any atom is 0.309 e. The summed E-state index contributed by atoms with van der Waals surface area (Å²) < 4.78 is 4.75. The average molecular weight is 195 g/mol. The van der Waals surface area contributed by atoms with Gasteiger partial charge in [0.25, 0.3) is 0 Å². The molecule has 1 aromatic heterocycles. The van der Waals surface area contributed by atoms with Crippen molar-refractivity contribution in [3.63, 3.8) is 0 Å². The van der Waals surface area contributed by atoms with Gasteiger partial charge < -0.3 is 10.5 Å². The van der Waals surface area contributed by atoms with Gasteiger partial charge in [-0.1, -0.05) is 12.2 Å². The molecule has 0 bridgehead atoms. The Morgan fingerprint density at radius 1 is 1.79 bits per heavy atom. The third-order valence-electron chi connectivity index (χ3n) is 1.59. The average Bonchev–Trinajstić information content (AvgIpc) is 2.52. The molecular formula is C9H13N3O2. The summed E-state index contributed by atoms with van der Waals surface area (Å²) in [5.74, 6) is 0.246. The topological polar surface area (TPSA) is 81.0 Å². The Morgan fingerprint density at radius 2 is 2.57 bits per heavy atom. The number of H-pyrrole nitrogens is 1. The molecule has 0 fully saturated rings. The largest absolute Gasteiger partial charge is 0.466 e. The molecule has 0 amide bonds. The van der Waals surface area contributed by atoms with E-state index in [0.717, 1.165) is 5.56 Å². The molecule has 0 aliphatic heterocycles. The lowest BCUT2D eigenvalue weighted by Gasteiger charge is -1.96. The molecule has 5 nitrogen and oxygen atoms in total. The van der Waals surface area contributed by atoms with E-state index in [0.29, 0.717) is 12.4 Å². The number of hydrogen-bond donors (Lipinski definition) is 2. The lowest BCUT2D eigenvalue weighted by Crippen LogP contribution is -2.01. The summed E-state index contributed by atoms with van der Waals surface area (Å²) in [7, 11) is 0. The molecule has 0 aliphatic rings. The van der Waals surface area contributed by atoms with E-state index >= 15 is 0 Å². The molecule has 0 spiro atoms. The minimum Gasteiger partial charge on any atom is -0.466 e. The molecule has 0 aromatic carbocycles. The molecule has 0 radical (unpaired) electrons. The van der Waals surface area contributed by atoms with E-state index in [1.807, 2.05) is 0 Å². The van der Waals surface area contributed by atoms with Crippen molar-refractivity contribution < 1.29 is 9.53 Å². The summed E-state index contributed by atoms with van der Waals surface area (Å²) in [6.45, 7) is 2.18. The lowest BCUT2D eigenvalue weighted by atomic mass is 10.2. The second kappa shape index (κ2) is 5.06. The zero-order valence-electron chi connectivity index (χ0n) is 7.99. The maximum absolute atomic E-state index is 10.9. The van der Waals surface area contributed by atoms with Gasteiger partial charge in [-0.15, -0.1) is 0 Å². The maximum atomic E-state index is 10.9. The number of ether oxygens (including phenoxy) is 1. The number of esters is 1. The van der Waals surface area contributed by atoms with Gasteiger partial charge in [-0.05, 0) is 6.92 Å². The molecule has 1 rings (SSSR count). The van der Waals surface area contributed by atoms with Crippen molar-refractivity contribution in [1.29, 1.82) is 0 Å². The van der Waals surface area contributed by atoms with Crippen LogP contribution in [0.3, 0.4) is 0 Å². The Bertz CT molecular complexity index is 331. The quantitative estimate of drug-likeness (QED) is 0.701. The van der Waals surface area contributed by atoms with Crippen molar-refractivity contribution in [3.05, 3.63) is 17.8 Å². The van der Waals surface area contributed by atoms with Crippen molar-refractivity contribution in [2.75, 3.05) is 12.3 Å². The van der Waals surface area contributed by atoms with Crippen molar-refractivity contribution in [2.45, 2.75) is 13.3 Å². The van der Waals surface area contributed by atoms with Crippen LogP contribution in [-0.2, 0) is 9.53 Å². The van der Waals surface area contributed by atoms with Gasteiger partial charge >= 0.3 is 5.97 Å². The molecule has 0 atom stereocenters. The number of nitrogens with zero attached hydrogens (tertiary/aromatic N) is 1. The first-order chi connectivity index (χ1) is 6.74. The molecule has 0 saturated heterocycles. The van der Waals surface area contributed by atoms with E-state index in [2.05, 4.69) is 10.2 Å². The van der Waals surface area contributed by atoms with Crippen LogP contribution >= 0.6 is 0 Å². The van der Waals surface area contributed by atoms with Crippen molar-refractivity contribution in [1.82, 2.24) is 10.2 Å². The van der Waals surface area contributed by atoms with Crippen molar-refractivity contribution in [2.24, 2.45) is 0 Å². The number of nitrogens with two attached hydrogens (primary N) is 1. The predicted molar refractivity (Wildman–Crippen MR) is 53.3 cm³/mol. The summed E-state index contributed by atoms with van der Waals surface area (Å²) in [5, 5.41) is 6.33. The third-order valence-corrected chi connectivity index (χ3v) is 1.59. The Balaban J connectivity index is 2.42. The van der Waals surface area contributed by atoms with Gasteiger partial charge in [-0.2, -0.15) is 5.10 Å². The van der Waals surface area contributed by atoms with E-state index in [-0.39, 0.29) is 12.4 Å². The van der Waals surface area contributed by atoms with E-state index in [9.17, 15) is 4.79 Å². The summed E-state index contributed by atoms with van der Waals surface area (Å²) in [6.07, 6.45) is 5.27. The van der Waals surface area contributed by atoms with Gasteiger partial charge in [0.05, 0.1) is 19.2 Å². The standard InChI is InChI=1S/C9H13N3O2/c1-2-14-8(13)5-3-4-7-6-11-12-9(7)10/h3-4,6H,2,5H2,1H3,(H3,10,11,12). The van der Waals surface area contributed by atoms with Gasteiger partial charge in [-0.3, -0.25) is 9.89 Å². The highest BCUT2D eigenvalue weighted by Crippen LogP contribution is 2.08. The number of nitrogens with one attached hydrogen (secondary N) is 1. The van der Waals surface area contributed by atoms with Gasteiger partial charge in [0, 0.05) is 5.56 Å². The molecule has 1 aromatic rings. The van der Waals surface area contributed by atoms with Crippen LogP contribution in [0, 0.1) is 0 Å². The zero-order valence-corrected chi connectivity index (χ0v) is 7.99. The Hall–Kier alpha value is -1.78. The lowest BCUT2D eigenvalue weighted by molar-refractivity contribution is -0.142. The van der Waals surface area contributed by atoms with Gasteiger partial charge in [0.1, 0.15) is 5.82 Å². The smallest absolute Gasteiger partial charge is 0.309 e. The number of aromatic amines is 1. The van der Waals surface area contributed by atoms with Gasteiger partial charge in [-0.25, -0.2) is 0 Å². The number of carbonyl (C=O) groups is 1. The Morgan fingerprint density at radius 3 is 3.14 bits per heavy atom. The number of carbonyl (C=O) groups excluding carboxylic acids is 1. The fraction of sp³-hybridized carbons (Fsp3) is 0.333. The monoisotopic (exact) mass is 195 g/mol. The molecule has 0 saturated carbocycles. The molecule has 0 unspecified atom stereocenters. The molecule has 76 valence electrons. The summed E-state index contributed by atoms with van der Waals surface area (Å²) in [5.41, 5.74) is 6.30. The normalized spacial score (nSPS) is 10.6. The van der Waals surface area contributed by atoms with Gasteiger partial charge in [0.15, 0.2) is 0 Å². The summed E-state index contributed by atoms with van der Waals surface area (Å²) in [6, 6.07) is 0. The van der Waals surface area contributed by atoms with Crippen LogP contribution in [0.1, 0.15) is 18.9 Å². The minimum atomic E-state index is -0.245. The highest BCUT2D eigenvalue weighted by Gasteiger charge is 1.98. The summed E-state index contributed by atoms with van der Waals surface area (Å²) in [4.78, 5) is 10.9. The second-order valence-corrected chi connectivity index (χ2v) is 2.65. The van der Waals surface area contributed by atoms with Crippen LogP contribution < -0.4 is 5.73 Å². The van der Waals surface area contributed by atoms with Crippen LogP contribution in [0.5, 0.6) is 0 Å². The van der Waals surface area contributed by atoms with Crippen LogP contribution in [0.4, 0.5) is 5.82 Å². The summed E-state index contributed by atoms with van der Waals surface area (Å²) >= 11 is 0. The SMILES string of the molecule is CCOC(=O)CC=Cc1cn[nH]c1N. The number of rotatable bonds is 4. The van der Waals surface area contributed by atoms with E-state index < -0.39 is 0 Å². The first-order valence-electron chi connectivity index (χ1n) is 4.35. The third kappa shape index (κ3) is 2.93. The number of anilines is 1. The molecular weight excluding hydrogens is 182 g/mol. The van der Waals surface area contributed by atoms with E-state index in [1.165, 1.54) is 0 Å². The van der Waals surface area contributed by atoms with Crippen LogP contribution in [0.2, 0.25) is 0 Å². The molecule has 1 heterocycles. The molecule has 14 heavy (non-hydrogen) atoms. The molecule has 5 heteroatoms. The Kier molecular flexibility index (Phi) is 3.72. The second-order valence-electron chi connectivity index (χ2n) is 2.65. The molecule has 3 N–H and O–H groups in total. The van der Waals surface area contributed by atoms with Gasteiger partial charge in [0.2, 0.25) is 0 Å². The van der Waals surface area contributed by atoms with Crippen LogP contribution in [-0.4, -0.2) is 22.8 Å². The first-order valence-corrected chi connectivity index (χ1v) is 4.35. The number of aromatic nitrogens is 2. The molecule has 0 aliphatic carbocycles. The van der Waals surface area contributed by atoms with E-state index in [4.69, 9.17) is 10.5 Å². The first kappa shape index (κ1) is 10.3. The number of hydrogen-bond acceptors (Lipinski definition) is 4. The van der Waals surface area contributed by atoms with Crippen molar-refractivity contribution >= 4 is 17.9 Å². The highest BCUT2D eigenvalue weighted by atomic mass is 16.5. The predicted octanol–water partition coefficient (Wildman–Crippen LogP) is 0.958. The van der Waals surface area contributed by atoms with E-state index in [1.54, 1.807) is 25.3 Å². The van der Waals surface area contributed by atoms with Crippen molar-refractivity contribution in [3.8, 4) is 0 Å². The van der Waals surface area contributed by atoms with Crippen LogP contribution in [0.25, 0.3) is 6.08 Å². The minimum absolute atomic E-state index is 0.245. The fourth-order valence-corrected chi connectivity index (χ4v) is 0.940. The fourth-order valence-electron chi connectivity index (χ4n) is 0.940.